The van der Waals surface area contributed by atoms with E-state index in [1.54, 1.807) is 4.90 Å². The van der Waals surface area contributed by atoms with E-state index in [9.17, 15) is 9.59 Å². The Bertz CT molecular complexity index is 306. The summed E-state index contributed by atoms with van der Waals surface area (Å²) < 4.78 is 0. The van der Waals surface area contributed by atoms with Crippen molar-refractivity contribution < 1.29 is 14.7 Å². The zero-order valence-corrected chi connectivity index (χ0v) is 10.7. The predicted molar refractivity (Wildman–Crippen MR) is 64.3 cm³/mol. The second kappa shape index (κ2) is 5.49. The minimum Gasteiger partial charge on any atom is -0.481 e. The van der Waals surface area contributed by atoms with Crippen molar-refractivity contribution >= 4 is 11.9 Å². The van der Waals surface area contributed by atoms with E-state index in [0.29, 0.717) is 13.1 Å². The third-order valence-electron chi connectivity index (χ3n) is 3.78. The number of aliphatic carboxylic acids is 1. The van der Waals surface area contributed by atoms with Gasteiger partial charge in [-0.1, -0.05) is 27.2 Å². The van der Waals surface area contributed by atoms with E-state index >= 15 is 0 Å². The largest absolute Gasteiger partial charge is 0.481 e. The molecular weight excluding hydrogens is 220 g/mol. The monoisotopic (exact) mass is 242 g/mol. The molecule has 0 bridgehead atoms. The molecular formula is C12H22N2O3. The van der Waals surface area contributed by atoms with Crippen molar-refractivity contribution in [2.75, 3.05) is 13.1 Å². The molecule has 98 valence electrons. The van der Waals surface area contributed by atoms with Crippen LogP contribution in [-0.2, 0) is 9.59 Å². The SMILES string of the molecule is CC[C@H](C)[C@H](N)C(=O)N1CC(C)C(C(=O)O)C1. The predicted octanol–water partition coefficient (Wildman–Crippen LogP) is 0.539. The van der Waals surface area contributed by atoms with E-state index in [2.05, 4.69) is 0 Å². The van der Waals surface area contributed by atoms with Crippen LogP contribution in [0.25, 0.3) is 0 Å². The van der Waals surface area contributed by atoms with E-state index in [1.807, 2.05) is 20.8 Å². The highest BCUT2D eigenvalue weighted by Crippen LogP contribution is 2.24. The van der Waals surface area contributed by atoms with Crippen LogP contribution in [0, 0.1) is 17.8 Å². The number of likely N-dealkylation sites (tertiary alicyclic amines) is 1. The quantitative estimate of drug-likeness (QED) is 0.753. The molecule has 0 saturated carbocycles. The summed E-state index contributed by atoms with van der Waals surface area (Å²) in [5, 5.41) is 9.01. The van der Waals surface area contributed by atoms with Crippen LogP contribution >= 0.6 is 0 Å². The van der Waals surface area contributed by atoms with Gasteiger partial charge in [0.15, 0.2) is 0 Å². The topological polar surface area (TPSA) is 83.6 Å². The number of carbonyl (C=O) groups excluding carboxylic acids is 1. The summed E-state index contributed by atoms with van der Waals surface area (Å²) in [5.41, 5.74) is 5.88. The van der Waals surface area contributed by atoms with E-state index in [4.69, 9.17) is 10.8 Å². The molecule has 1 aliphatic heterocycles. The van der Waals surface area contributed by atoms with E-state index in [1.165, 1.54) is 0 Å². The average molecular weight is 242 g/mol. The smallest absolute Gasteiger partial charge is 0.308 e. The molecule has 3 N–H and O–H groups in total. The van der Waals surface area contributed by atoms with Gasteiger partial charge in [0.2, 0.25) is 5.91 Å². The fourth-order valence-electron chi connectivity index (χ4n) is 2.18. The van der Waals surface area contributed by atoms with Gasteiger partial charge in [-0.3, -0.25) is 9.59 Å². The van der Waals surface area contributed by atoms with Gasteiger partial charge in [-0.05, 0) is 11.8 Å². The van der Waals surface area contributed by atoms with Crippen LogP contribution in [0.3, 0.4) is 0 Å². The maximum absolute atomic E-state index is 12.1. The fraction of sp³-hybridized carbons (Fsp3) is 0.833. The summed E-state index contributed by atoms with van der Waals surface area (Å²) in [7, 11) is 0. The first-order chi connectivity index (χ1) is 7.88. The van der Waals surface area contributed by atoms with Gasteiger partial charge < -0.3 is 15.7 Å². The number of amides is 1. The van der Waals surface area contributed by atoms with Gasteiger partial charge in [0.25, 0.3) is 0 Å². The third kappa shape index (κ3) is 2.97. The van der Waals surface area contributed by atoms with Gasteiger partial charge in [-0.15, -0.1) is 0 Å². The number of nitrogens with two attached hydrogens (primary N) is 1. The second-order valence-corrected chi connectivity index (χ2v) is 5.08. The van der Waals surface area contributed by atoms with Crippen LogP contribution in [-0.4, -0.2) is 41.0 Å². The number of carbonyl (C=O) groups is 2. The minimum absolute atomic E-state index is 0.000539. The van der Waals surface area contributed by atoms with Crippen LogP contribution in [0.4, 0.5) is 0 Å². The van der Waals surface area contributed by atoms with Crippen molar-refractivity contribution in [2.24, 2.45) is 23.5 Å². The van der Waals surface area contributed by atoms with Gasteiger partial charge in [-0.25, -0.2) is 0 Å². The van der Waals surface area contributed by atoms with Crippen molar-refractivity contribution in [1.82, 2.24) is 4.90 Å². The van der Waals surface area contributed by atoms with Gasteiger partial charge in [0, 0.05) is 13.1 Å². The van der Waals surface area contributed by atoms with Gasteiger partial charge in [0.05, 0.1) is 12.0 Å². The summed E-state index contributed by atoms with van der Waals surface area (Å²) >= 11 is 0. The standard InChI is InChI=1S/C12H22N2O3/c1-4-7(2)10(13)11(15)14-5-8(3)9(6-14)12(16)17/h7-10H,4-6,13H2,1-3H3,(H,16,17)/t7-,8?,9?,10-/m0/s1. The van der Waals surface area contributed by atoms with Crippen molar-refractivity contribution in [2.45, 2.75) is 33.2 Å². The summed E-state index contributed by atoms with van der Waals surface area (Å²) in [5.74, 6) is -1.27. The van der Waals surface area contributed by atoms with Gasteiger partial charge >= 0.3 is 5.97 Å². The lowest BCUT2D eigenvalue weighted by Gasteiger charge is -2.24. The molecule has 0 aliphatic carbocycles. The fourth-order valence-corrected chi connectivity index (χ4v) is 2.18. The zero-order chi connectivity index (χ0) is 13.2. The maximum Gasteiger partial charge on any atom is 0.308 e. The molecule has 0 aromatic rings. The Balaban J connectivity index is 2.64. The minimum atomic E-state index is -0.829. The summed E-state index contributed by atoms with van der Waals surface area (Å²) in [4.78, 5) is 24.6. The zero-order valence-electron chi connectivity index (χ0n) is 10.7. The maximum atomic E-state index is 12.1. The molecule has 5 heteroatoms. The Morgan fingerprint density at radius 1 is 1.47 bits per heavy atom. The first-order valence-corrected chi connectivity index (χ1v) is 6.15. The first-order valence-electron chi connectivity index (χ1n) is 6.15. The lowest BCUT2D eigenvalue weighted by atomic mass is 9.99. The Hall–Kier alpha value is -1.10. The molecule has 1 fully saturated rings. The lowest BCUT2D eigenvalue weighted by molar-refractivity contribution is -0.142. The van der Waals surface area contributed by atoms with Crippen molar-refractivity contribution in [1.29, 1.82) is 0 Å². The molecule has 0 aromatic heterocycles. The molecule has 4 atom stereocenters. The molecule has 1 amide bonds. The highest BCUT2D eigenvalue weighted by atomic mass is 16.4. The molecule has 1 saturated heterocycles. The number of rotatable bonds is 4. The van der Waals surface area contributed by atoms with Gasteiger partial charge in [-0.2, -0.15) is 0 Å². The summed E-state index contributed by atoms with van der Waals surface area (Å²) in [6.45, 7) is 6.58. The summed E-state index contributed by atoms with van der Waals surface area (Å²) in [6, 6.07) is -0.514. The van der Waals surface area contributed by atoms with Crippen LogP contribution in [0.2, 0.25) is 0 Å². The van der Waals surface area contributed by atoms with Crippen molar-refractivity contribution in [3.63, 3.8) is 0 Å². The molecule has 17 heavy (non-hydrogen) atoms. The van der Waals surface area contributed by atoms with Crippen molar-refractivity contribution in [3.8, 4) is 0 Å². The molecule has 2 unspecified atom stereocenters. The number of carboxylic acid groups (broad SMARTS) is 1. The van der Waals surface area contributed by atoms with E-state index in [-0.39, 0.29) is 17.7 Å². The van der Waals surface area contributed by atoms with E-state index < -0.39 is 17.9 Å². The van der Waals surface area contributed by atoms with E-state index in [0.717, 1.165) is 6.42 Å². The van der Waals surface area contributed by atoms with Crippen LogP contribution in [0.5, 0.6) is 0 Å². The third-order valence-corrected chi connectivity index (χ3v) is 3.78. The van der Waals surface area contributed by atoms with Crippen LogP contribution in [0.1, 0.15) is 27.2 Å². The molecule has 0 aromatic carbocycles. The Morgan fingerprint density at radius 2 is 2.06 bits per heavy atom. The second-order valence-electron chi connectivity index (χ2n) is 5.08. The first kappa shape index (κ1) is 14.0. The number of hydrogen-bond donors (Lipinski definition) is 2. The van der Waals surface area contributed by atoms with Crippen molar-refractivity contribution in [3.05, 3.63) is 0 Å². The molecule has 1 heterocycles. The molecule has 1 rings (SSSR count). The lowest BCUT2D eigenvalue weighted by Crippen LogP contribution is -2.46. The van der Waals surface area contributed by atoms with Gasteiger partial charge in [0.1, 0.15) is 0 Å². The molecule has 1 aliphatic rings. The number of carboxylic acids is 1. The average Bonchev–Trinajstić information content (AvgIpc) is 2.68. The highest BCUT2D eigenvalue weighted by molar-refractivity contribution is 5.83. The molecule has 0 spiro atoms. The Kier molecular flexibility index (Phi) is 4.51. The normalized spacial score (nSPS) is 27.9. The van der Waals surface area contributed by atoms with Crippen LogP contribution in [0.15, 0.2) is 0 Å². The number of hydrogen-bond acceptors (Lipinski definition) is 3. The molecule has 5 nitrogen and oxygen atoms in total. The summed E-state index contributed by atoms with van der Waals surface area (Å²) in [6.07, 6.45) is 0.846. The van der Waals surface area contributed by atoms with Crippen LogP contribution < -0.4 is 5.73 Å². The Morgan fingerprint density at radius 3 is 2.47 bits per heavy atom. The molecule has 0 radical (unpaired) electrons. The highest BCUT2D eigenvalue weighted by Gasteiger charge is 2.38. The number of nitrogens with zero attached hydrogens (tertiary/aromatic N) is 1. The Labute approximate surface area is 102 Å².